The van der Waals surface area contributed by atoms with Crippen LogP contribution in [0, 0.1) is 34.5 Å². The molecule has 0 aliphatic heterocycles. The summed E-state index contributed by atoms with van der Waals surface area (Å²) in [7, 11) is 0. The lowest BCUT2D eigenvalue weighted by Gasteiger charge is -2.13. The van der Waals surface area contributed by atoms with Crippen LogP contribution >= 0.6 is 0 Å². The number of allylic oxidation sites excluding steroid dienone is 12. The van der Waals surface area contributed by atoms with Crippen LogP contribution in [0.3, 0.4) is 0 Å². The molecule has 8 heteroatoms. The zero-order chi connectivity index (χ0) is 38.4. The molecule has 0 N–H and O–H groups in total. The minimum atomic E-state index is -0.581. The van der Waals surface area contributed by atoms with Crippen LogP contribution in [0.25, 0.3) is 0 Å². The van der Waals surface area contributed by atoms with Gasteiger partial charge in [-0.1, -0.05) is 95.0 Å². The van der Waals surface area contributed by atoms with Crippen molar-refractivity contribution < 1.29 is 38.2 Å². The largest absolute Gasteiger partial charge is 0.457 e. The van der Waals surface area contributed by atoms with E-state index < -0.39 is 18.0 Å². The summed E-state index contributed by atoms with van der Waals surface area (Å²) < 4.78 is 11.4. The first-order valence-corrected chi connectivity index (χ1v) is 17.6. The van der Waals surface area contributed by atoms with Crippen molar-refractivity contribution in [1.29, 1.82) is 0 Å². The fourth-order valence-corrected chi connectivity index (χ4v) is 7.20. The molecular weight excluding hydrogens is 644 g/mol. The highest BCUT2D eigenvalue weighted by Gasteiger charge is 2.62. The molecule has 0 radical (unpaired) electrons. The summed E-state index contributed by atoms with van der Waals surface area (Å²) in [5, 5.41) is 0. The molecule has 4 rings (SSSR count). The topological polar surface area (TPSA) is 121 Å². The quantitative estimate of drug-likeness (QED) is 0.0449. The average molecular weight is 699 g/mol. The van der Waals surface area contributed by atoms with Gasteiger partial charge >= 0.3 is 11.9 Å². The third-order valence-corrected chi connectivity index (χ3v) is 10.8. The van der Waals surface area contributed by atoms with Crippen LogP contribution in [0.5, 0.6) is 0 Å². The molecule has 2 fully saturated rings. The smallest absolute Gasteiger partial charge is 0.310 e. The van der Waals surface area contributed by atoms with Gasteiger partial charge in [-0.15, -0.1) is 0 Å². The van der Waals surface area contributed by atoms with E-state index in [1.807, 2.05) is 59.8 Å². The van der Waals surface area contributed by atoms with Crippen molar-refractivity contribution in [1.82, 2.24) is 0 Å². The van der Waals surface area contributed by atoms with Crippen LogP contribution < -0.4 is 0 Å². The second kappa shape index (κ2) is 16.7. The Kier molecular flexibility index (Phi) is 13.4. The molecule has 3 unspecified atom stereocenters. The lowest BCUT2D eigenvalue weighted by atomic mass is 10.1. The standard InChI is InChI=1S/C22H26O5.C21H28O3/c1-6-7-8-9-15-14(3)19(11-17(15)24)27-21(26)20-16(22(20,4)5)10-13(2)18(25)12-23;1-7-8-9-10-15-14(4)18(12-17(15)22)24-20(23)19-16(11-13(2)3)21(19,5)6/h6-8,10,12,16,19-20H,1,9,11H2,2-5H3;7-9,11,16,18-19H,1,10,12H2,2-6H3/b8-7+,13-10+;9-8+/t16?,19?,20-;16?,18-,19-/m00/s1. The molecule has 4 aliphatic rings. The maximum atomic E-state index is 12.7. The zero-order valence-corrected chi connectivity index (χ0v) is 31.7. The molecule has 0 spiro atoms. The molecule has 51 heavy (non-hydrogen) atoms. The predicted molar refractivity (Wildman–Crippen MR) is 198 cm³/mol. The molecule has 0 aromatic carbocycles. The van der Waals surface area contributed by atoms with E-state index in [-0.39, 0.29) is 77.1 Å². The summed E-state index contributed by atoms with van der Waals surface area (Å²) in [6.07, 6.45) is 15.4. The number of ketones is 3. The van der Waals surface area contributed by atoms with Gasteiger partial charge in [0.1, 0.15) is 12.2 Å². The summed E-state index contributed by atoms with van der Waals surface area (Å²) in [5.74, 6) is -1.48. The highest BCUT2D eigenvalue weighted by molar-refractivity contribution is 6.32. The third-order valence-electron chi connectivity index (χ3n) is 10.8. The Hall–Kier alpha value is -4.46. The Morgan fingerprint density at radius 2 is 1.12 bits per heavy atom. The zero-order valence-electron chi connectivity index (χ0n) is 31.7. The van der Waals surface area contributed by atoms with Crippen molar-refractivity contribution >= 4 is 35.6 Å². The van der Waals surface area contributed by atoms with Gasteiger partial charge in [0.2, 0.25) is 5.78 Å². The third kappa shape index (κ3) is 9.46. The van der Waals surface area contributed by atoms with Crippen molar-refractivity contribution in [3.05, 3.63) is 95.2 Å². The fraction of sp³-hybridized carbons (Fsp3) is 0.488. The van der Waals surface area contributed by atoms with Crippen molar-refractivity contribution in [2.75, 3.05) is 0 Å². The number of Topliss-reactive ketones (excluding diaryl/α,β-unsaturated/α-hetero) is 3. The van der Waals surface area contributed by atoms with Gasteiger partial charge in [-0.25, -0.2) is 0 Å². The maximum absolute atomic E-state index is 12.7. The Morgan fingerprint density at radius 1 is 0.725 bits per heavy atom. The lowest BCUT2D eigenvalue weighted by Crippen LogP contribution is -2.20. The second-order valence-corrected chi connectivity index (χ2v) is 15.4. The first-order valence-electron chi connectivity index (χ1n) is 17.6. The Balaban J connectivity index is 0.000000277. The van der Waals surface area contributed by atoms with E-state index in [2.05, 4.69) is 33.1 Å². The summed E-state index contributed by atoms with van der Waals surface area (Å²) in [6.45, 7) is 24.6. The number of carbonyl (C=O) groups is 6. The van der Waals surface area contributed by atoms with Gasteiger partial charge in [0.15, 0.2) is 17.9 Å². The van der Waals surface area contributed by atoms with Gasteiger partial charge in [0.05, 0.1) is 24.7 Å². The average Bonchev–Trinajstić information content (AvgIpc) is 3.70. The van der Waals surface area contributed by atoms with E-state index in [0.717, 1.165) is 16.7 Å². The summed E-state index contributed by atoms with van der Waals surface area (Å²) in [6, 6.07) is 0. The van der Waals surface area contributed by atoms with Crippen LogP contribution in [0.2, 0.25) is 0 Å². The van der Waals surface area contributed by atoms with Crippen molar-refractivity contribution in [2.45, 2.75) is 100 Å². The number of aldehydes is 1. The summed E-state index contributed by atoms with van der Waals surface area (Å²) in [5.41, 5.74) is 4.26. The van der Waals surface area contributed by atoms with E-state index >= 15 is 0 Å². The molecule has 0 aromatic heterocycles. The van der Waals surface area contributed by atoms with Crippen LogP contribution in [0.1, 0.15) is 88.0 Å². The highest BCUT2D eigenvalue weighted by atomic mass is 16.5. The molecular formula is C43H54O8. The molecule has 0 heterocycles. The minimum absolute atomic E-state index is 0.00191. The normalized spacial score (nSPS) is 27.6. The number of hydrogen-bond donors (Lipinski definition) is 0. The van der Waals surface area contributed by atoms with Gasteiger partial charge in [-0.3, -0.25) is 28.8 Å². The van der Waals surface area contributed by atoms with E-state index in [1.54, 1.807) is 31.2 Å². The summed E-state index contributed by atoms with van der Waals surface area (Å²) in [4.78, 5) is 71.7. The number of ether oxygens (including phenoxy) is 2. The molecule has 0 bridgehead atoms. The maximum Gasteiger partial charge on any atom is 0.310 e. The molecule has 0 saturated heterocycles. The first-order chi connectivity index (χ1) is 23.8. The van der Waals surface area contributed by atoms with E-state index in [1.165, 1.54) is 5.57 Å². The minimum Gasteiger partial charge on any atom is -0.457 e. The van der Waals surface area contributed by atoms with E-state index in [4.69, 9.17) is 9.47 Å². The van der Waals surface area contributed by atoms with Gasteiger partial charge in [-0.05, 0) is 86.8 Å². The molecule has 0 aromatic rings. The van der Waals surface area contributed by atoms with Crippen LogP contribution in [-0.4, -0.2) is 47.8 Å². The van der Waals surface area contributed by atoms with Gasteiger partial charge in [0.25, 0.3) is 0 Å². The number of hydrogen-bond acceptors (Lipinski definition) is 8. The number of carbonyl (C=O) groups excluding carboxylic acids is 6. The second-order valence-electron chi connectivity index (χ2n) is 15.4. The lowest BCUT2D eigenvalue weighted by molar-refractivity contribution is -0.151. The molecule has 274 valence electrons. The SMILES string of the molecule is C=C/C=C/CC1=C(C)C(OC(=O)[C@@H]2C(/C=C(\C)C(=O)C=O)C2(C)C)CC1=O.C=C/C=C/CC1=C(C)[C@@H](OC(=O)[C@@H]2C(C=C(C)C)C2(C)C)CC1=O. The molecule has 2 saturated carbocycles. The molecule has 8 nitrogen and oxygen atoms in total. The first kappa shape index (κ1) is 41.0. The van der Waals surface area contributed by atoms with Gasteiger partial charge in [0, 0.05) is 11.1 Å². The summed E-state index contributed by atoms with van der Waals surface area (Å²) >= 11 is 0. The van der Waals surface area contributed by atoms with Crippen molar-refractivity contribution in [2.24, 2.45) is 34.5 Å². The van der Waals surface area contributed by atoms with Crippen molar-refractivity contribution in [3.8, 4) is 0 Å². The van der Waals surface area contributed by atoms with Crippen molar-refractivity contribution in [3.63, 3.8) is 0 Å². The molecule has 4 aliphatic carbocycles. The molecule has 0 amide bonds. The van der Waals surface area contributed by atoms with Gasteiger partial charge < -0.3 is 9.47 Å². The fourth-order valence-electron chi connectivity index (χ4n) is 7.20. The Morgan fingerprint density at radius 3 is 1.47 bits per heavy atom. The van der Waals surface area contributed by atoms with Crippen LogP contribution in [0.15, 0.2) is 95.2 Å². The highest BCUT2D eigenvalue weighted by Crippen LogP contribution is 2.61. The Labute approximate surface area is 303 Å². The van der Waals surface area contributed by atoms with Crippen LogP contribution in [0.4, 0.5) is 0 Å². The predicted octanol–water partition coefficient (Wildman–Crippen LogP) is 7.86. The van der Waals surface area contributed by atoms with E-state index in [9.17, 15) is 28.8 Å². The van der Waals surface area contributed by atoms with Gasteiger partial charge in [-0.2, -0.15) is 0 Å². The number of esters is 2. The Bertz CT molecular complexity index is 1670. The number of rotatable bonds is 14. The van der Waals surface area contributed by atoms with Crippen LogP contribution in [-0.2, 0) is 38.2 Å². The molecule has 6 atom stereocenters. The van der Waals surface area contributed by atoms with E-state index in [0.29, 0.717) is 24.0 Å². The monoisotopic (exact) mass is 698 g/mol.